The Morgan fingerprint density at radius 3 is 1.19 bits per heavy atom. The molecule has 0 aliphatic rings. The highest BCUT2D eigenvalue weighted by Gasteiger charge is 2.34. The molecular weight excluding hydrogens is 576 g/mol. The molecule has 0 bridgehead atoms. The maximum Gasteiger partial charge on any atom is 0.333 e. The summed E-state index contributed by atoms with van der Waals surface area (Å²) in [4.78, 5) is 47.1. The van der Waals surface area contributed by atoms with Crippen molar-refractivity contribution in [1.29, 1.82) is 0 Å². The first-order valence-electron chi connectivity index (χ1n) is 13.2. The van der Waals surface area contributed by atoms with E-state index in [1.165, 1.54) is 13.8 Å². The number of hydrogen-bond donors (Lipinski definition) is 0. The first kappa shape index (κ1) is 36.4. The molecule has 1 aromatic carbocycles. The fraction of sp³-hybridized carbons (Fsp3) is 0.400. The zero-order chi connectivity index (χ0) is 32.1. The van der Waals surface area contributed by atoms with Crippen LogP contribution in [0.3, 0.4) is 0 Å². The van der Waals surface area contributed by atoms with Crippen LogP contribution in [0.5, 0.6) is 0 Å². The van der Waals surface area contributed by atoms with Crippen molar-refractivity contribution in [2.24, 2.45) is 0 Å². The van der Waals surface area contributed by atoms with E-state index in [2.05, 4.69) is 26.3 Å². The molecule has 42 heavy (non-hydrogen) atoms. The molecule has 2 atom stereocenters. The number of carbonyl (C=O) groups excluding carboxylic acids is 4. The predicted molar refractivity (Wildman–Crippen MR) is 164 cm³/mol. The molecule has 0 fully saturated rings. The molecular formula is C30H42O10Si2. The smallest absolute Gasteiger partial charge is 0.333 e. The summed E-state index contributed by atoms with van der Waals surface area (Å²) in [7, 11) is -5.18. The molecule has 2 unspecified atom stereocenters. The molecule has 0 saturated carbocycles. The van der Waals surface area contributed by atoms with Gasteiger partial charge in [-0.2, -0.15) is 0 Å². The van der Waals surface area contributed by atoms with Crippen molar-refractivity contribution >= 4 is 50.9 Å². The van der Waals surface area contributed by atoms with Crippen LogP contribution in [0.25, 0.3) is 0 Å². The number of rotatable bonds is 18. The molecule has 12 heteroatoms. The third-order valence-electron chi connectivity index (χ3n) is 5.85. The number of esters is 4. The number of benzene rings is 1. The lowest BCUT2D eigenvalue weighted by Gasteiger charge is -2.31. The van der Waals surface area contributed by atoms with E-state index in [9.17, 15) is 19.2 Å². The molecule has 0 heterocycles. The molecule has 0 amide bonds. The van der Waals surface area contributed by atoms with Gasteiger partial charge < -0.3 is 27.8 Å². The van der Waals surface area contributed by atoms with Crippen molar-refractivity contribution in [1.82, 2.24) is 0 Å². The number of ether oxygens (including phenoxy) is 4. The van der Waals surface area contributed by atoms with Crippen molar-refractivity contribution < 1.29 is 47.0 Å². The van der Waals surface area contributed by atoms with Crippen LogP contribution in [0, 0.1) is 0 Å². The summed E-state index contributed by atoms with van der Waals surface area (Å²) >= 11 is 0. The van der Waals surface area contributed by atoms with Crippen molar-refractivity contribution in [3.05, 3.63) is 73.9 Å². The van der Waals surface area contributed by atoms with Gasteiger partial charge in [0.25, 0.3) is 0 Å². The Bertz CT molecular complexity index is 1080. The van der Waals surface area contributed by atoms with Gasteiger partial charge >= 0.3 is 23.9 Å². The van der Waals surface area contributed by atoms with Crippen molar-refractivity contribution in [2.75, 3.05) is 26.4 Å². The summed E-state index contributed by atoms with van der Waals surface area (Å²) in [5.41, 5.74) is 0.487. The lowest BCUT2D eigenvalue weighted by molar-refractivity contribution is -0.147. The molecule has 0 spiro atoms. The third-order valence-corrected chi connectivity index (χ3v) is 11.1. The van der Waals surface area contributed by atoms with E-state index in [1.807, 2.05) is 50.5 Å². The minimum Gasteiger partial charge on any atom is -0.460 e. The Morgan fingerprint density at radius 2 is 0.929 bits per heavy atom. The Morgan fingerprint density at radius 1 is 0.643 bits per heavy atom. The summed E-state index contributed by atoms with van der Waals surface area (Å²) in [6.07, 6.45) is 0.692. The van der Waals surface area contributed by atoms with E-state index in [0.29, 0.717) is 0 Å². The first-order chi connectivity index (χ1) is 19.5. The van der Waals surface area contributed by atoms with Crippen LogP contribution in [-0.2, 0) is 47.0 Å². The number of carbonyl (C=O) groups is 4. The SMILES string of the molecule is C=CC(=O)OCC(COC(=O)C(=C)C)O[Si](C)(C)c1ccc([Si](C)(C)OC(COC(=O)C=C)COC(=O)C(=C)C)cc1. The quantitative estimate of drug-likeness (QED) is 0.105. The van der Waals surface area contributed by atoms with Gasteiger partial charge in [0.05, 0.1) is 0 Å². The molecule has 0 aliphatic heterocycles. The highest BCUT2D eigenvalue weighted by molar-refractivity contribution is 6.86. The number of hydrogen-bond acceptors (Lipinski definition) is 10. The first-order valence-corrected chi connectivity index (χ1v) is 19.0. The van der Waals surface area contributed by atoms with Crippen LogP contribution < -0.4 is 10.4 Å². The molecule has 0 radical (unpaired) electrons. The Kier molecular flexibility index (Phi) is 14.5. The average Bonchev–Trinajstić information content (AvgIpc) is 2.94. The molecule has 0 saturated heterocycles. The standard InChI is InChI=1S/C30H42O10Si2/c1-11-27(31)35-17-23(19-37-29(33)21(3)4)39-41(7,8)25-13-15-26(16-14-25)42(9,10)40-24(18-36-28(32)12-2)20-38-30(34)22(5)6/h11-16,23-24H,1-3,5,17-20H2,4,6-10H3. The van der Waals surface area contributed by atoms with Gasteiger partial charge in [-0.1, -0.05) is 50.6 Å². The molecule has 0 aromatic heterocycles. The van der Waals surface area contributed by atoms with Gasteiger partial charge in [0, 0.05) is 23.3 Å². The van der Waals surface area contributed by atoms with Crippen molar-refractivity contribution in [2.45, 2.75) is 52.2 Å². The van der Waals surface area contributed by atoms with E-state index >= 15 is 0 Å². The Hall–Kier alpha value is -3.59. The van der Waals surface area contributed by atoms with Crippen LogP contribution in [0.1, 0.15) is 13.8 Å². The van der Waals surface area contributed by atoms with E-state index in [4.69, 9.17) is 27.8 Å². The van der Waals surface area contributed by atoms with E-state index in [0.717, 1.165) is 22.5 Å². The van der Waals surface area contributed by atoms with Gasteiger partial charge in [0.2, 0.25) is 16.6 Å². The van der Waals surface area contributed by atoms with Crippen molar-refractivity contribution in [3.8, 4) is 0 Å². The van der Waals surface area contributed by atoms with E-state index in [1.54, 1.807) is 0 Å². The second-order valence-electron chi connectivity index (χ2n) is 10.5. The zero-order valence-electron chi connectivity index (χ0n) is 25.4. The second-order valence-corrected chi connectivity index (χ2v) is 18.2. The molecule has 10 nitrogen and oxygen atoms in total. The van der Waals surface area contributed by atoms with Crippen LogP contribution in [0.15, 0.2) is 73.9 Å². The van der Waals surface area contributed by atoms with Crippen LogP contribution in [-0.4, -0.2) is 79.1 Å². The molecule has 1 aromatic rings. The largest absolute Gasteiger partial charge is 0.460 e. The monoisotopic (exact) mass is 618 g/mol. The Labute approximate surface area is 250 Å². The molecule has 0 N–H and O–H groups in total. The summed E-state index contributed by atoms with van der Waals surface area (Å²) in [5.74, 6) is -2.36. The maximum atomic E-state index is 11.9. The minimum atomic E-state index is -2.59. The van der Waals surface area contributed by atoms with Gasteiger partial charge in [-0.15, -0.1) is 0 Å². The molecule has 0 aliphatic carbocycles. The van der Waals surface area contributed by atoms with Gasteiger partial charge in [-0.05, 0) is 50.4 Å². The zero-order valence-corrected chi connectivity index (χ0v) is 27.4. The molecule has 1 rings (SSSR count). The average molecular weight is 619 g/mol. The van der Waals surface area contributed by atoms with Gasteiger partial charge in [0.1, 0.15) is 38.6 Å². The van der Waals surface area contributed by atoms with Gasteiger partial charge in [-0.3, -0.25) is 0 Å². The summed E-state index contributed by atoms with van der Waals surface area (Å²) in [5, 5.41) is 1.88. The fourth-order valence-corrected chi connectivity index (χ4v) is 7.68. The summed E-state index contributed by atoms with van der Waals surface area (Å²) in [6.45, 7) is 24.4. The van der Waals surface area contributed by atoms with E-state index < -0.39 is 52.7 Å². The molecule has 230 valence electrons. The Balaban J connectivity index is 3.08. The topological polar surface area (TPSA) is 124 Å². The lowest BCUT2D eigenvalue weighted by Crippen LogP contribution is -2.52. The maximum absolute atomic E-state index is 11.9. The van der Waals surface area contributed by atoms with Crippen LogP contribution in [0.2, 0.25) is 26.2 Å². The van der Waals surface area contributed by atoms with E-state index in [-0.39, 0.29) is 37.6 Å². The van der Waals surface area contributed by atoms with Crippen LogP contribution >= 0.6 is 0 Å². The minimum absolute atomic E-state index is 0.119. The third kappa shape index (κ3) is 12.5. The fourth-order valence-electron chi connectivity index (χ4n) is 3.53. The highest BCUT2D eigenvalue weighted by Crippen LogP contribution is 2.14. The van der Waals surface area contributed by atoms with Crippen LogP contribution in [0.4, 0.5) is 0 Å². The van der Waals surface area contributed by atoms with Gasteiger partial charge in [0.15, 0.2) is 0 Å². The highest BCUT2D eigenvalue weighted by atomic mass is 28.4. The second kappa shape index (κ2) is 16.8. The normalized spacial score (nSPS) is 12.7. The summed E-state index contributed by atoms with van der Waals surface area (Å²) in [6, 6.07) is 7.78. The van der Waals surface area contributed by atoms with Crippen molar-refractivity contribution in [3.63, 3.8) is 0 Å². The summed E-state index contributed by atoms with van der Waals surface area (Å²) < 4.78 is 33.6. The lowest BCUT2D eigenvalue weighted by atomic mass is 10.3. The predicted octanol–water partition coefficient (Wildman–Crippen LogP) is 2.98. The van der Waals surface area contributed by atoms with Gasteiger partial charge in [-0.25, -0.2) is 19.2 Å².